The zero-order chi connectivity index (χ0) is 18.6. The Kier molecular flexibility index (Phi) is 5.66. The van der Waals surface area contributed by atoms with Gasteiger partial charge in [-0.25, -0.2) is 9.18 Å². The average Bonchev–Trinajstić information content (AvgIpc) is 2.57. The van der Waals surface area contributed by atoms with Crippen LogP contribution >= 0.6 is 11.6 Å². The third-order valence-corrected chi connectivity index (χ3v) is 3.40. The summed E-state index contributed by atoms with van der Waals surface area (Å²) >= 11 is 5.62. The average molecular weight is 367 g/mol. The number of nitrogens with one attached hydrogen (secondary N) is 1. The van der Waals surface area contributed by atoms with Gasteiger partial charge in [0.2, 0.25) is 0 Å². The topological polar surface area (TPSA) is 98.5 Å². The molecule has 1 unspecified atom stereocenters. The highest BCUT2D eigenvalue weighted by atomic mass is 35.5. The quantitative estimate of drug-likeness (QED) is 0.495. The van der Waals surface area contributed by atoms with E-state index >= 15 is 0 Å². The lowest BCUT2D eigenvalue weighted by molar-refractivity contribution is -0.385. The van der Waals surface area contributed by atoms with Crippen LogP contribution in [-0.4, -0.2) is 22.9 Å². The van der Waals surface area contributed by atoms with Crippen LogP contribution in [-0.2, 0) is 9.53 Å². The number of carbonyl (C=O) groups excluding carboxylic acids is 2. The molecule has 25 heavy (non-hydrogen) atoms. The van der Waals surface area contributed by atoms with Gasteiger partial charge in [-0.15, -0.1) is 0 Å². The van der Waals surface area contributed by atoms with Crippen molar-refractivity contribution in [2.75, 3.05) is 5.32 Å². The van der Waals surface area contributed by atoms with Gasteiger partial charge in [0, 0.05) is 11.1 Å². The van der Waals surface area contributed by atoms with E-state index < -0.39 is 34.4 Å². The van der Waals surface area contributed by atoms with Gasteiger partial charge in [0.25, 0.3) is 11.6 Å². The molecule has 0 heterocycles. The Morgan fingerprint density at radius 2 is 1.96 bits per heavy atom. The van der Waals surface area contributed by atoms with Crippen molar-refractivity contribution in [2.24, 2.45) is 0 Å². The molecule has 0 radical (unpaired) electrons. The molecule has 2 aromatic carbocycles. The van der Waals surface area contributed by atoms with Crippen molar-refractivity contribution in [3.8, 4) is 0 Å². The van der Waals surface area contributed by atoms with Gasteiger partial charge in [0.15, 0.2) is 6.10 Å². The Balaban J connectivity index is 2.08. The monoisotopic (exact) mass is 366 g/mol. The SMILES string of the molecule is CC(OC(=O)c1ccccc1[N+](=O)[O-])C(=O)Nc1ccc(Cl)cc1F. The number of hydrogen-bond acceptors (Lipinski definition) is 5. The third-order valence-electron chi connectivity index (χ3n) is 3.16. The molecule has 2 aromatic rings. The number of rotatable bonds is 5. The van der Waals surface area contributed by atoms with E-state index in [1.54, 1.807) is 0 Å². The van der Waals surface area contributed by atoms with Gasteiger partial charge >= 0.3 is 5.97 Å². The molecule has 0 aliphatic rings. The molecule has 7 nitrogen and oxygen atoms in total. The molecule has 0 aromatic heterocycles. The molecule has 0 fully saturated rings. The molecule has 0 aliphatic carbocycles. The van der Waals surface area contributed by atoms with E-state index in [2.05, 4.69) is 5.32 Å². The second-order valence-electron chi connectivity index (χ2n) is 4.94. The summed E-state index contributed by atoms with van der Waals surface area (Å²) in [4.78, 5) is 34.3. The number of anilines is 1. The maximum absolute atomic E-state index is 13.7. The van der Waals surface area contributed by atoms with E-state index in [4.69, 9.17) is 16.3 Å². The summed E-state index contributed by atoms with van der Waals surface area (Å²) in [6.45, 7) is 1.26. The minimum absolute atomic E-state index is 0.136. The largest absolute Gasteiger partial charge is 0.449 e. The van der Waals surface area contributed by atoms with Gasteiger partial charge in [-0.1, -0.05) is 23.7 Å². The van der Waals surface area contributed by atoms with Gasteiger partial charge in [-0.05, 0) is 31.2 Å². The van der Waals surface area contributed by atoms with Crippen LogP contribution in [0.5, 0.6) is 0 Å². The van der Waals surface area contributed by atoms with E-state index in [-0.39, 0.29) is 16.3 Å². The summed E-state index contributed by atoms with van der Waals surface area (Å²) < 4.78 is 18.6. The number of amides is 1. The molecule has 1 atom stereocenters. The minimum atomic E-state index is -1.30. The lowest BCUT2D eigenvalue weighted by Gasteiger charge is -2.14. The maximum atomic E-state index is 13.7. The van der Waals surface area contributed by atoms with Crippen molar-refractivity contribution in [1.29, 1.82) is 0 Å². The lowest BCUT2D eigenvalue weighted by atomic mass is 10.2. The molecule has 0 spiro atoms. The molecule has 1 amide bonds. The molecule has 0 saturated carbocycles. The number of esters is 1. The van der Waals surface area contributed by atoms with E-state index in [1.165, 1.54) is 37.3 Å². The van der Waals surface area contributed by atoms with Crippen LogP contribution in [0.1, 0.15) is 17.3 Å². The molecule has 9 heteroatoms. The van der Waals surface area contributed by atoms with Crippen LogP contribution in [0, 0.1) is 15.9 Å². The van der Waals surface area contributed by atoms with Crippen molar-refractivity contribution in [1.82, 2.24) is 0 Å². The summed E-state index contributed by atoms with van der Waals surface area (Å²) in [5, 5.41) is 13.3. The van der Waals surface area contributed by atoms with Crippen LogP contribution in [0.2, 0.25) is 5.02 Å². The summed E-state index contributed by atoms with van der Waals surface area (Å²) in [5.41, 5.74) is -0.864. The Hall–Kier alpha value is -3.00. The molecule has 130 valence electrons. The van der Waals surface area contributed by atoms with Gasteiger partial charge in [0.1, 0.15) is 11.4 Å². The van der Waals surface area contributed by atoms with Gasteiger partial charge in [-0.3, -0.25) is 14.9 Å². The van der Waals surface area contributed by atoms with E-state index in [0.29, 0.717) is 0 Å². The number of para-hydroxylation sites is 1. The highest BCUT2D eigenvalue weighted by molar-refractivity contribution is 6.30. The van der Waals surface area contributed by atoms with Crippen molar-refractivity contribution >= 4 is 34.9 Å². The molecule has 1 N–H and O–H groups in total. The Morgan fingerprint density at radius 1 is 1.28 bits per heavy atom. The second-order valence-corrected chi connectivity index (χ2v) is 5.37. The number of carbonyl (C=O) groups is 2. The Labute approximate surface area is 146 Å². The zero-order valence-corrected chi connectivity index (χ0v) is 13.6. The van der Waals surface area contributed by atoms with Crippen molar-refractivity contribution in [3.05, 3.63) is 69.0 Å². The van der Waals surface area contributed by atoms with Crippen LogP contribution in [0.15, 0.2) is 42.5 Å². The van der Waals surface area contributed by atoms with E-state index in [0.717, 1.165) is 12.1 Å². The first-order chi connectivity index (χ1) is 11.8. The predicted octanol–water partition coefficient (Wildman–Crippen LogP) is 3.57. The van der Waals surface area contributed by atoms with E-state index in [9.17, 15) is 24.1 Å². The zero-order valence-electron chi connectivity index (χ0n) is 12.9. The molecular formula is C16H12ClFN2O5. The van der Waals surface area contributed by atoms with Gasteiger partial charge < -0.3 is 10.1 Å². The Bertz CT molecular complexity index is 843. The van der Waals surface area contributed by atoms with Gasteiger partial charge in [-0.2, -0.15) is 0 Å². The first kappa shape index (κ1) is 18.3. The summed E-state index contributed by atoms with van der Waals surface area (Å²) in [6, 6.07) is 8.83. The predicted molar refractivity (Wildman–Crippen MR) is 88.0 cm³/mol. The van der Waals surface area contributed by atoms with Crippen LogP contribution in [0.4, 0.5) is 15.8 Å². The maximum Gasteiger partial charge on any atom is 0.345 e. The third kappa shape index (κ3) is 4.51. The first-order valence-electron chi connectivity index (χ1n) is 7.00. The Morgan fingerprint density at radius 3 is 2.60 bits per heavy atom. The fraction of sp³-hybridized carbons (Fsp3) is 0.125. The summed E-state index contributed by atoms with van der Waals surface area (Å²) in [7, 11) is 0. The minimum Gasteiger partial charge on any atom is -0.449 e. The molecule has 0 aliphatic heterocycles. The highest BCUT2D eigenvalue weighted by Gasteiger charge is 2.25. The van der Waals surface area contributed by atoms with Gasteiger partial charge in [0.05, 0.1) is 10.6 Å². The number of nitro groups is 1. The fourth-order valence-corrected chi connectivity index (χ4v) is 2.07. The standard InChI is InChI=1S/C16H12ClFN2O5/c1-9(15(21)19-13-7-6-10(17)8-12(13)18)25-16(22)11-4-2-3-5-14(11)20(23)24/h2-9H,1H3,(H,19,21). The number of nitro benzene ring substituents is 1. The van der Waals surface area contributed by atoms with Crippen molar-refractivity contribution < 1.29 is 23.6 Å². The molecular weight excluding hydrogens is 355 g/mol. The number of halogens is 2. The van der Waals surface area contributed by atoms with Crippen LogP contribution in [0.3, 0.4) is 0 Å². The lowest BCUT2D eigenvalue weighted by Crippen LogP contribution is -2.30. The smallest absolute Gasteiger partial charge is 0.345 e. The second kappa shape index (κ2) is 7.71. The molecule has 0 bridgehead atoms. The first-order valence-corrected chi connectivity index (χ1v) is 7.37. The number of ether oxygens (including phenoxy) is 1. The molecule has 2 rings (SSSR count). The highest BCUT2D eigenvalue weighted by Crippen LogP contribution is 2.21. The number of nitrogens with zero attached hydrogens (tertiary/aromatic N) is 1. The van der Waals surface area contributed by atoms with Crippen LogP contribution < -0.4 is 5.32 Å². The number of benzene rings is 2. The summed E-state index contributed by atoms with van der Waals surface area (Å²) in [5.74, 6) is -2.59. The molecule has 0 saturated heterocycles. The summed E-state index contributed by atoms with van der Waals surface area (Å²) in [6.07, 6.45) is -1.30. The van der Waals surface area contributed by atoms with Crippen molar-refractivity contribution in [3.63, 3.8) is 0 Å². The van der Waals surface area contributed by atoms with Crippen molar-refractivity contribution in [2.45, 2.75) is 13.0 Å². The fourth-order valence-electron chi connectivity index (χ4n) is 1.91. The van der Waals surface area contributed by atoms with Crippen LogP contribution in [0.25, 0.3) is 0 Å². The van der Waals surface area contributed by atoms with E-state index in [1.807, 2.05) is 0 Å². The number of hydrogen-bond donors (Lipinski definition) is 1. The normalized spacial score (nSPS) is 11.5.